The van der Waals surface area contributed by atoms with Crippen molar-refractivity contribution in [2.75, 3.05) is 18.0 Å². The zero-order chi connectivity index (χ0) is 23.4. The molecule has 3 amide bonds. The van der Waals surface area contributed by atoms with Crippen LogP contribution in [0.25, 0.3) is 0 Å². The lowest BCUT2D eigenvalue weighted by Gasteiger charge is -2.31. The van der Waals surface area contributed by atoms with Gasteiger partial charge in [0.05, 0.1) is 6.54 Å². The van der Waals surface area contributed by atoms with Crippen LogP contribution in [0.15, 0.2) is 84.9 Å². The third-order valence-corrected chi connectivity index (χ3v) is 5.73. The molecule has 3 aromatic carbocycles. The summed E-state index contributed by atoms with van der Waals surface area (Å²) in [7, 11) is 0. The Balaban J connectivity index is 1.73. The number of fused-ring (bicyclic) bond motifs is 1. The first-order chi connectivity index (χ1) is 15.9. The van der Waals surface area contributed by atoms with Crippen LogP contribution < -0.4 is 15.5 Å². The van der Waals surface area contributed by atoms with Crippen molar-refractivity contribution in [1.82, 2.24) is 10.6 Å². The smallest absolute Gasteiger partial charge is 0.259 e. The summed E-state index contributed by atoms with van der Waals surface area (Å²) in [5, 5.41) is 5.86. The average Bonchev–Trinajstić information content (AvgIpc) is 3.06. The van der Waals surface area contributed by atoms with Crippen LogP contribution in [0, 0.1) is 5.92 Å². The number of rotatable bonds is 7. The van der Waals surface area contributed by atoms with E-state index in [1.807, 2.05) is 50.2 Å². The lowest BCUT2D eigenvalue weighted by Crippen LogP contribution is -2.59. The third-order valence-electron chi connectivity index (χ3n) is 5.73. The van der Waals surface area contributed by atoms with E-state index in [0.717, 1.165) is 5.69 Å². The first kappa shape index (κ1) is 22.3. The predicted octanol–water partition coefficient (Wildman–Crippen LogP) is 3.74. The Labute approximate surface area is 193 Å². The number of carbonyl (C=O) groups is 3. The molecule has 3 aromatic rings. The van der Waals surface area contributed by atoms with E-state index in [2.05, 4.69) is 10.6 Å². The molecule has 1 aliphatic heterocycles. The Bertz CT molecular complexity index is 1160. The molecule has 0 bridgehead atoms. The van der Waals surface area contributed by atoms with Gasteiger partial charge in [-0.2, -0.15) is 0 Å². The van der Waals surface area contributed by atoms with E-state index in [4.69, 9.17) is 0 Å². The quantitative estimate of drug-likeness (QED) is 0.586. The number of carbonyl (C=O) groups excluding carboxylic acids is 3. The topological polar surface area (TPSA) is 78.5 Å². The van der Waals surface area contributed by atoms with Gasteiger partial charge in [-0.15, -0.1) is 0 Å². The maximum Gasteiger partial charge on any atom is 0.259 e. The molecule has 2 N–H and O–H groups in total. The molecule has 0 saturated heterocycles. The van der Waals surface area contributed by atoms with Gasteiger partial charge in [-0.1, -0.05) is 68.4 Å². The number of amides is 3. The Hall–Kier alpha value is -3.93. The summed E-state index contributed by atoms with van der Waals surface area (Å²) >= 11 is 0. The molecule has 4 rings (SSSR count). The summed E-state index contributed by atoms with van der Waals surface area (Å²) in [4.78, 5) is 41.6. The molecule has 1 aliphatic rings. The lowest BCUT2D eigenvalue weighted by atomic mass is 9.90. The second-order valence-electron chi connectivity index (χ2n) is 8.60. The maximum absolute atomic E-state index is 13.9. The highest BCUT2D eigenvalue weighted by Crippen LogP contribution is 2.40. The molecule has 168 valence electrons. The number of anilines is 1. The van der Waals surface area contributed by atoms with Crippen LogP contribution in [-0.2, 0) is 10.3 Å². The Morgan fingerprint density at radius 1 is 0.818 bits per heavy atom. The monoisotopic (exact) mass is 441 g/mol. The Kier molecular flexibility index (Phi) is 6.27. The normalized spacial score (nSPS) is 17.1. The number of nitrogens with one attached hydrogen (secondary N) is 2. The number of nitrogens with zero attached hydrogens (tertiary/aromatic N) is 1. The van der Waals surface area contributed by atoms with Crippen LogP contribution >= 0.6 is 0 Å². The van der Waals surface area contributed by atoms with Gasteiger partial charge in [-0.25, -0.2) is 0 Å². The van der Waals surface area contributed by atoms with Crippen LogP contribution in [0.3, 0.4) is 0 Å². The van der Waals surface area contributed by atoms with E-state index in [-0.39, 0.29) is 30.2 Å². The molecule has 6 nitrogen and oxygen atoms in total. The van der Waals surface area contributed by atoms with Gasteiger partial charge in [-0.05, 0) is 36.2 Å². The number of hydrogen-bond acceptors (Lipinski definition) is 3. The number of para-hydroxylation sites is 1. The minimum absolute atomic E-state index is 0.0657. The minimum Gasteiger partial charge on any atom is -0.349 e. The summed E-state index contributed by atoms with van der Waals surface area (Å²) in [6.45, 7) is 4.51. The zero-order valence-corrected chi connectivity index (χ0v) is 18.7. The number of hydrogen-bond donors (Lipinski definition) is 2. The molecule has 0 fully saturated rings. The summed E-state index contributed by atoms with van der Waals surface area (Å²) in [5.41, 5.74) is 0.938. The number of benzene rings is 3. The molecule has 0 spiro atoms. The molecule has 1 heterocycles. The Morgan fingerprint density at radius 2 is 1.36 bits per heavy atom. The van der Waals surface area contributed by atoms with Gasteiger partial charge in [0.1, 0.15) is 0 Å². The fraction of sp³-hybridized carbons (Fsp3) is 0.222. The first-order valence-corrected chi connectivity index (χ1v) is 11.0. The molecule has 1 atom stereocenters. The van der Waals surface area contributed by atoms with Crippen molar-refractivity contribution < 1.29 is 14.4 Å². The van der Waals surface area contributed by atoms with E-state index in [0.29, 0.717) is 23.2 Å². The fourth-order valence-electron chi connectivity index (χ4n) is 4.17. The van der Waals surface area contributed by atoms with Crippen LogP contribution in [0.2, 0.25) is 0 Å². The highest BCUT2D eigenvalue weighted by molar-refractivity contribution is 6.11. The average molecular weight is 442 g/mol. The summed E-state index contributed by atoms with van der Waals surface area (Å²) in [6.07, 6.45) is 0. The van der Waals surface area contributed by atoms with Crippen molar-refractivity contribution in [1.29, 1.82) is 0 Å². The minimum atomic E-state index is -1.41. The van der Waals surface area contributed by atoms with E-state index >= 15 is 0 Å². The molecule has 6 heteroatoms. The summed E-state index contributed by atoms with van der Waals surface area (Å²) in [5.74, 6) is -0.716. The molecular formula is C27H27N3O3. The van der Waals surface area contributed by atoms with Crippen LogP contribution in [0.5, 0.6) is 0 Å². The zero-order valence-electron chi connectivity index (χ0n) is 18.7. The first-order valence-electron chi connectivity index (χ1n) is 11.0. The summed E-state index contributed by atoms with van der Waals surface area (Å²) < 4.78 is 0. The second-order valence-corrected chi connectivity index (χ2v) is 8.60. The molecule has 33 heavy (non-hydrogen) atoms. The van der Waals surface area contributed by atoms with Crippen molar-refractivity contribution in [3.8, 4) is 0 Å². The SMILES string of the molecule is CC(C)CN1C(=O)C(CNC(=O)c2ccccc2)(NC(=O)c2ccccc2)c2ccccc21. The van der Waals surface area contributed by atoms with Crippen LogP contribution in [0.4, 0.5) is 5.69 Å². The van der Waals surface area contributed by atoms with Gasteiger partial charge in [0.25, 0.3) is 17.7 Å². The Morgan fingerprint density at radius 3 is 1.97 bits per heavy atom. The highest BCUT2D eigenvalue weighted by Gasteiger charge is 2.52. The molecule has 0 aromatic heterocycles. The van der Waals surface area contributed by atoms with Crippen molar-refractivity contribution in [2.24, 2.45) is 5.92 Å². The highest BCUT2D eigenvalue weighted by atomic mass is 16.2. The van der Waals surface area contributed by atoms with Crippen molar-refractivity contribution in [3.63, 3.8) is 0 Å². The fourth-order valence-corrected chi connectivity index (χ4v) is 4.17. The standard InChI is InChI=1S/C27H27N3O3/c1-19(2)17-30-23-16-10-9-15-22(23)27(26(30)33,29-25(32)21-13-7-4-8-14-21)18-28-24(31)20-11-5-3-6-12-20/h3-16,19H,17-18H2,1-2H3,(H,28,31)(H,29,32). The van der Waals surface area contributed by atoms with Crippen LogP contribution in [-0.4, -0.2) is 30.8 Å². The van der Waals surface area contributed by atoms with Gasteiger partial charge in [0, 0.05) is 28.9 Å². The van der Waals surface area contributed by atoms with E-state index < -0.39 is 5.54 Å². The lowest BCUT2D eigenvalue weighted by molar-refractivity contribution is -0.124. The molecular weight excluding hydrogens is 414 g/mol. The second kappa shape index (κ2) is 9.28. The van der Waals surface area contributed by atoms with Gasteiger partial charge < -0.3 is 15.5 Å². The van der Waals surface area contributed by atoms with Crippen molar-refractivity contribution >= 4 is 23.4 Å². The van der Waals surface area contributed by atoms with Crippen LogP contribution in [0.1, 0.15) is 40.1 Å². The maximum atomic E-state index is 13.9. The van der Waals surface area contributed by atoms with Gasteiger partial charge in [0.2, 0.25) is 0 Å². The van der Waals surface area contributed by atoms with Gasteiger partial charge in [-0.3, -0.25) is 14.4 Å². The van der Waals surface area contributed by atoms with E-state index in [9.17, 15) is 14.4 Å². The van der Waals surface area contributed by atoms with Crippen molar-refractivity contribution in [2.45, 2.75) is 19.4 Å². The summed E-state index contributed by atoms with van der Waals surface area (Å²) in [6, 6.07) is 25.0. The van der Waals surface area contributed by atoms with Crippen molar-refractivity contribution in [3.05, 3.63) is 102 Å². The predicted molar refractivity (Wildman–Crippen MR) is 128 cm³/mol. The van der Waals surface area contributed by atoms with Gasteiger partial charge in [0.15, 0.2) is 5.54 Å². The molecule has 0 saturated carbocycles. The molecule has 1 unspecified atom stereocenters. The van der Waals surface area contributed by atoms with E-state index in [1.165, 1.54) is 0 Å². The largest absolute Gasteiger partial charge is 0.349 e. The molecule has 0 radical (unpaired) electrons. The molecule has 0 aliphatic carbocycles. The van der Waals surface area contributed by atoms with Gasteiger partial charge >= 0.3 is 0 Å². The van der Waals surface area contributed by atoms with E-state index in [1.54, 1.807) is 53.4 Å². The third kappa shape index (κ3) is 4.37.